The fraction of sp³-hybridized carbons (Fsp3) is 0.938. The first-order valence-electron chi connectivity index (χ1n) is 8.42. The third-order valence-corrected chi connectivity index (χ3v) is 5.16. The van der Waals surface area contributed by atoms with Crippen molar-refractivity contribution in [2.45, 2.75) is 32.2 Å². The molecule has 2 saturated heterocycles. The summed E-state index contributed by atoms with van der Waals surface area (Å²) < 4.78 is 0. The summed E-state index contributed by atoms with van der Waals surface area (Å²) in [5.41, 5.74) is 0. The molecule has 2 fully saturated rings. The Morgan fingerprint density at radius 1 is 1.38 bits per heavy atom. The van der Waals surface area contributed by atoms with Gasteiger partial charge in [0, 0.05) is 38.6 Å². The van der Waals surface area contributed by atoms with E-state index in [-0.39, 0.29) is 5.91 Å². The van der Waals surface area contributed by atoms with Gasteiger partial charge in [0.1, 0.15) is 0 Å². The van der Waals surface area contributed by atoms with E-state index in [9.17, 15) is 4.79 Å². The van der Waals surface area contributed by atoms with Gasteiger partial charge in [-0.05, 0) is 51.9 Å². The summed E-state index contributed by atoms with van der Waals surface area (Å²) in [6.45, 7) is 8.45. The summed E-state index contributed by atoms with van der Waals surface area (Å²) in [5, 5.41) is 6.59. The van der Waals surface area contributed by atoms with Crippen molar-refractivity contribution in [3.63, 3.8) is 0 Å². The van der Waals surface area contributed by atoms with Crippen LogP contribution in [0.4, 0.5) is 0 Å². The van der Waals surface area contributed by atoms with Crippen LogP contribution >= 0.6 is 0 Å². The summed E-state index contributed by atoms with van der Waals surface area (Å²) in [5.74, 6) is 1.35. The average Bonchev–Trinajstić information content (AvgIpc) is 2.49. The Morgan fingerprint density at radius 2 is 2.19 bits per heavy atom. The number of rotatable bonds is 5. The van der Waals surface area contributed by atoms with Crippen molar-refractivity contribution in [1.29, 1.82) is 0 Å². The molecule has 2 heterocycles. The number of hydrogen-bond acceptors (Lipinski definition) is 4. The maximum Gasteiger partial charge on any atom is 0.220 e. The highest BCUT2D eigenvalue weighted by atomic mass is 16.1. The number of amides is 1. The van der Waals surface area contributed by atoms with Gasteiger partial charge in [-0.3, -0.25) is 9.69 Å². The molecule has 0 aliphatic carbocycles. The van der Waals surface area contributed by atoms with E-state index < -0.39 is 0 Å². The number of piperazine rings is 1. The van der Waals surface area contributed by atoms with E-state index in [1.54, 1.807) is 0 Å². The van der Waals surface area contributed by atoms with Crippen molar-refractivity contribution in [2.75, 3.05) is 53.4 Å². The van der Waals surface area contributed by atoms with Crippen LogP contribution in [-0.4, -0.2) is 75.1 Å². The number of carbonyl (C=O) groups excluding carboxylic acids is 1. The third-order valence-electron chi connectivity index (χ3n) is 5.16. The molecule has 21 heavy (non-hydrogen) atoms. The number of carbonyl (C=O) groups is 1. The number of nitrogens with one attached hydrogen (secondary N) is 2. The zero-order valence-electron chi connectivity index (χ0n) is 13.9. The van der Waals surface area contributed by atoms with Gasteiger partial charge in [-0.1, -0.05) is 6.92 Å². The smallest absolute Gasteiger partial charge is 0.220 e. The molecule has 0 aromatic rings. The molecule has 0 radical (unpaired) electrons. The molecule has 0 spiro atoms. The molecule has 0 aromatic heterocycles. The summed E-state index contributed by atoms with van der Waals surface area (Å²) >= 11 is 0. The molecule has 0 aromatic carbocycles. The Morgan fingerprint density at radius 3 is 2.90 bits per heavy atom. The van der Waals surface area contributed by atoms with E-state index in [0.29, 0.717) is 24.3 Å². The third kappa shape index (κ3) is 5.24. The Labute approximate surface area is 129 Å². The lowest BCUT2D eigenvalue weighted by molar-refractivity contribution is -0.122. The monoisotopic (exact) mass is 296 g/mol. The lowest BCUT2D eigenvalue weighted by atomic mass is 9.85. The molecule has 3 atom stereocenters. The molecular formula is C16H32N4O. The molecule has 5 heteroatoms. The van der Waals surface area contributed by atoms with Gasteiger partial charge < -0.3 is 15.5 Å². The Hall–Kier alpha value is -0.650. The highest BCUT2D eigenvalue weighted by Crippen LogP contribution is 2.22. The molecule has 2 rings (SSSR count). The van der Waals surface area contributed by atoms with Crippen molar-refractivity contribution in [3.8, 4) is 0 Å². The van der Waals surface area contributed by atoms with E-state index in [1.807, 2.05) is 0 Å². The van der Waals surface area contributed by atoms with Crippen LogP contribution in [0.5, 0.6) is 0 Å². The Bertz CT molecular complexity index is 330. The fourth-order valence-electron chi connectivity index (χ4n) is 3.45. The first-order valence-corrected chi connectivity index (χ1v) is 8.42. The predicted octanol–water partition coefficient (Wildman–Crippen LogP) is 0.374. The standard InChI is InChI=1S/C16H32N4O/c1-13(14-5-4-6-17-10-14)9-16(21)18-11-15-12-19(2)7-8-20(15)3/h13-15,17H,4-12H2,1-3H3,(H,18,21). The van der Waals surface area contributed by atoms with Crippen molar-refractivity contribution in [1.82, 2.24) is 20.4 Å². The molecule has 2 aliphatic heterocycles. The van der Waals surface area contributed by atoms with Crippen LogP contribution in [0.1, 0.15) is 26.2 Å². The molecule has 1 amide bonds. The zero-order valence-corrected chi connectivity index (χ0v) is 13.9. The van der Waals surface area contributed by atoms with Gasteiger partial charge in [-0.15, -0.1) is 0 Å². The van der Waals surface area contributed by atoms with Gasteiger partial charge in [0.2, 0.25) is 5.91 Å². The number of nitrogens with zero attached hydrogens (tertiary/aromatic N) is 2. The van der Waals surface area contributed by atoms with Gasteiger partial charge in [0.25, 0.3) is 0 Å². The first kappa shape index (κ1) is 16.7. The first-order chi connectivity index (χ1) is 10.1. The van der Waals surface area contributed by atoms with Crippen LogP contribution in [0.3, 0.4) is 0 Å². The lowest BCUT2D eigenvalue weighted by Gasteiger charge is -2.37. The van der Waals surface area contributed by atoms with Crippen molar-refractivity contribution >= 4 is 5.91 Å². The topological polar surface area (TPSA) is 47.6 Å². The van der Waals surface area contributed by atoms with E-state index in [0.717, 1.165) is 39.3 Å². The zero-order chi connectivity index (χ0) is 15.2. The second-order valence-corrected chi connectivity index (χ2v) is 6.99. The number of likely N-dealkylation sites (N-methyl/N-ethyl adjacent to an activating group) is 2. The summed E-state index contributed by atoms with van der Waals surface area (Å²) in [6.07, 6.45) is 3.17. The van der Waals surface area contributed by atoms with E-state index in [1.165, 1.54) is 12.8 Å². The molecule has 122 valence electrons. The van der Waals surface area contributed by atoms with Gasteiger partial charge in [0.15, 0.2) is 0 Å². The number of hydrogen-bond donors (Lipinski definition) is 2. The minimum Gasteiger partial charge on any atom is -0.354 e. The summed E-state index contributed by atoms with van der Waals surface area (Å²) in [7, 11) is 4.31. The molecule has 5 nitrogen and oxygen atoms in total. The normalized spacial score (nSPS) is 30.0. The lowest BCUT2D eigenvalue weighted by Crippen LogP contribution is -2.54. The maximum absolute atomic E-state index is 12.2. The molecule has 0 saturated carbocycles. The average molecular weight is 296 g/mol. The van der Waals surface area contributed by atoms with Crippen LogP contribution in [0.25, 0.3) is 0 Å². The van der Waals surface area contributed by atoms with Crippen molar-refractivity contribution < 1.29 is 4.79 Å². The van der Waals surface area contributed by atoms with Crippen molar-refractivity contribution in [3.05, 3.63) is 0 Å². The van der Waals surface area contributed by atoms with Crippen LogP contribution < -0.4 is 10.6 Å². The van der Waals surface area contributed by atoms with Gasteiger partial charge in [-0.2, -0.15) is 0 Å². The SMILES string of the molecule is CC(CC(=O)NCC1CN(C)CCN1C)C1CCCNC1. The van der Waals surface area contributed by atoms with E-state index in [2.05, 4.69) is 41.5 Å². The Kier molecular flexibility index (Phi) is 6.45. The summed E-state index contributed by atoms with van der Waals surface area (Å²) in [6, 6.07) is 0.444. The Balaban J connectivity index is 1.68. The van der Waals surface area contributed by atoms with Crippen LogP contribution in [0.2, 0.25) is 0 Å². The van der Waals surface area contributed by atoms with Crippen LogP contribution in [-0.2, 0) is 4.79 Å². The van der Waals surface area contributed by atoms with Gasteiger partial charge in [0.05, 0.1) is 0 Å². The van der Waals surface area contributed by atoms with Gasteiger partial charge >= 0.3 is 0 Å². The minimum atomic E-state index is 0.217. The molecule has 0 bridgehead atoms. The second kappa shape index (κ2) is 8.11. The predicted molar refractivity (Wildman–Crippen MR) is 86.3 cm³/mol. The molecule has 2 N–H and O–H groups in total. The highest BCUT2D eigenvalue weighted by molar-refractivity contribution is 5.76. The fourth-order valence-corrected chi connectivity index (χ4v) is 3.45. The second-order valence-electron chi connectivity index (χ2n) is 6.99. The minimum absolute atomic E-state index is 0.217. The van der Waals surface area contributed by atoms with E-state index in [4.69, 9.17) is 0 Å². The molecule has 3 unspecified atom stereocenters. The van der Waals surface area contributed by atoms with Gasteiger partial charge in [-0.25, -0.2) is 0 Å². The quantitative estimate of drug-likeness (QED) is 0.770. The summed E-state index contributed by atoms with van der Waals surface area (Å²) in [4.78, 5) is 16.9. The van der Waals surface area contributed by atoms with E-state index >= 15 is 0 Å². The highest BCUT2D eigenvalue weighted by Gasteiger charge is 2.24. The molecular weight excluding hydrogens is 264 g/mol. The largest absolute Gasteiger partial charge is 0.354 e. The van der Waals surface area contributed by atoms with Crippen molar-refractivity contribution in [2.24, 2.45) is 11.8 Å². The maximum atomic E-state index is 12.2. The van der Waals surface area contributed by atoms with Crippen LogP contribution in [0, 0.1) is 11.8 Å². The number of piperidine rings is 1. The van der Waals surface area contributed by atoms with Crippen LogP contribution in [0.15, 0.2) is 0 Å². The molecule has 2 aliphatic rings.